The zero-order valence-electron chi connectivity index (χ0n) is 21.3. The van der Waals surface area contributed by atoms with Crippen molar-refractivity contribution in [3.8, 4) is 0 Å². The van der Waals surface area contributed by atoms with Crippen molar-refractivity contribution in [3.63, 3.8) is 0 Å². The Morgan fingerprint density at radius 1 is 1.23 bits per heavy atom. The lowest BCUT2D eigenvalue weighted by Gasteiger charge is -2.30. The Labute approximate surface area is 208 Å². The Bertz CT molecular complexity index is 1250. The monoisotopic (exact) mass is 471 g/mol. The lowest BCUT2D eigenvalue weighted by atomic mass is 10.00. The van der Waals surface area contributed by atoms with Crippen LogP contribution in [0.1, 0.15) is 43.9 Å². The number of rotatable bonds is 8. The van der Waals surface area contributed by atoms with Gasteiger partial charge in [-0.05, 0) is 61.6 Å². The number of amidine groups is 1. The molecule has 0 aliphatic carbocycles. The maximum absolute atomic E-state index is 10.8. The number of allylic oxidation sites excluding steroid dienone is 2. The number of aryl methyl sites for hydroxylation is 1. The molecule has 35 heavy (non-hydrogen) atoms. The standard InChI is InChI=1S/C29H37N5O/c1-5-9-28(30-17-25(35)19-34-15-14-22-10-7-8-11-24(22)18-34)32-29(21(3)6-2)23-12-13-26-27(16-23)33(4)20-31-26/h5,7-13,16,20,25,35H,6,14-15,17-19H2,1-4H3,(H,30,32)/b9-5-,29-21?. The van der Waals surface area contributed by atoms with E-state index in [0.29, 0.717) is 13.1 Å². The van der Waals surface area contributed by atoms with Crippen LogP contribution in [0.2, 0.25) is 0 Å². The minimum Gasteiger partial charge on any atom is -0.390 e. The molecule has 0 fully saturated rings. The van der Waals surface area contributed by atoms with Crippen LogP contribution >= 0.6 is 0 Å². The van der Waals surface area contributed by atoms with Gasteiger partial charge in [0.15, 0.2) is 0 Å². The second-order valence-electron chi connectivity index (χ2n) is 9.33. The van der Waals surface area contributed by atoms with Crippen LogP contribution in [-0.2, 0) is 20.0 Å². The molecule has 0 saturated heterocycles. The molecule has 1 unspecified atom stereocenters. The number of hydrogen-bond acceptors (Lipinski definition) is 4. The van der Waals surface area contributed by atoms with Gasteiger partial charge in [-0.3, -0.25) is 9.89 Å². The molecule has 0 radical (unpaired) electrons. The highest BCUT2D eigenvalue weighted by Gasteiger charge is 2.18. The summed E-state index contributed by atoms with van der Waals surface area (Å²) in [6.45, 7) is 9.11. The molecular weight excluding hydrogens is 434 g/mol. The Morgan fingerprint density at radius 2 is 2.03 bits per heavy atom. The largest absolute Gasteiger partial charge is 0.390 e. The van der Waals surface area contributed by atoms with Crippen molar-refractivity contribution in [2.45, 2.75) is 46.3 Å². The minimum atomic E-state index is -0.521. The van der Waals surface area contributed by atoms with Crippen molar-refractivity contribution in [2.75, 3.05) is 19.6 Å². The fourth-order valence-electron chi connectivity index (χ4n) is 4.57. The van der Waals surface area contributed by atoms with Crippen LogP contribution in [0.15, 0.2) is 71.5 Å². The van der Waals surface area contributed by atoms with E-state index in [1.165, 1.54) is 16.7 Å². The normalized spacial score (nSPS) is 16.4. The fraction of sp³-hybridized carbons (Fsp3) is 0.379. The number of nitrogens with one attached hydrogen (secondary N) is 1. The molecule has 0 amide bonds. The molecule has 1 aliphatic rings. The van der Waals surface area contributed by atoms with Crippen LogP contribution in [0.4, 0.5) is 0 Å². The van der Waals surface area contributed by atoms with Gasteiger partial charge in [0.05, 0.1) is 30.0 Å². The van der Waals surface area contributed by atoms with Crippen LogP contribution in [0, 0.1) is 0 Å². The van der Waals surface area contributed by atoms with Crippen LogP contribution in [0.5, 0.6) is 0 Å². The molecule has 1 atom stereocenters. The molecule has 0 saturated carbocycles. The van der Waals surface area contributed by atoms with E-state index >= 15 is 0 Å². The first-order valence-electron chi connectivity index (χ1n) is 12.5. The van der Waals surface area contributed by atoms with E-state index in [4.69, 9.17) is 4.99 Å². The number of fused-ring (bicyclic) bond motifs is 2. The van der Waals surface area contributed by atoms with Crippen molar-refractivity contribution in [1.29, 1.82) is 0 Å². The summed E-state index contributed by atoms with van der Waals surface area (Å²) in [4.78, 5) is 11.5. The highest BCUT2D eigenvalue weighted by atomic mass is 16.3. The summed E-state index contributed by atoms with van der Waals surface area (Å²) in [5, 5.41) is 14.3. The van der Waals surface area contributed by atoms with Crippen molar-refractivity contribution in [3.05, 3.63) is 83.2 Å². The molecule has 1 aliphatic heterocycles. The maximum Gasteiger partial charge on any atom is 0.125 e. The molecule has 184 valence electrons. The molecule has 6 nitrogen and oxygen atoms in total. The molecule has 6 heteroatoms. The highest BCUT2D eigenvalue weighted by molar-refractivity contribution is 5.99. The Hall–Kier alpha value is -3.22. The van der Waals surface area contributed by atoms with Crippen LogP contribution in [-0.4, -0.2) is 51.1 Å². The quantitative estimate of drug-likeness (QED) is 0.369. The van der Waals surface area contributed by atoms with Crippen LogP contribution < -0.4 is 5.32 Å². The first kappa shape index (κ1) is 24.9. The predicted octanol–water partition coefficient (Wildman–Crippen LogP) is 4.70. The van der Waals surface area contributed by atoms with E-state index in [2.05, 4.69) is 71.5 Å². The van der Waals surface area contributed by atoms with Gasteiger partial charge in [-0.25, -0.2) is 4.98 Å². The fourth-order valence-corrected chi connectivity index (χ4v) is 4.57. The van der Waals surface area contributed by atoms with E-state index in [1.54, 1.807) is 0 Å². The molecule has 2 N–H and O–H groups in total. The van der Waals surface area contributed by atoms with E-state index < -0.39 is 6.10 Å². The zero-order chi connectivity index (χ0) is 24.8. The third-order valence-electron chi connectivity index (χ3n) is 6.70. The minimum absolute atomic E-state index is 0.351. The second kappa shape index (κ2) is 11.5. The van der Waals surface area contributed by atoms with Gasteiger partial charge in [0.1, 0.15) is 5.84 Å². The van der Waals surface area contributed by atoms with Crippen molar-refractivity contribution in [2.24, 2.45) is 12.0 Å². The molecular formula is C29H37N5O. The maximum atomic E-state index is 10.8. The van der Waals surface area contributed by atoms with Crippen molar-refractivity contribution < 1.29 is 5.11 Å². The van der Waals surface area contributed by atoms with Gasteiger partial charge < -0.3 is 15.0 Å². The average Bonchev–Trinajstić information content (AvgIpc) is 3.25. The Morgan fingerprint density at radius 3 is 2.80 bits per heavy atom. The van der Waals surface area contributed by atoms with Gasteiger partial charge in [0, 0.05) is 37.9 Å². The molecule has 1 aromatic heterocycles. The van der Waals surface area contributed by atoms with E-state index in [1.807, 2.05) is 37.0 Å². The van der Waals surface area contributed by atoms with Crippen molar-refractivity contribution in [1.82, 2.24) is 19.8 Å². The molecule has 3 aromatic rings. The summed E-state index contributed by atoms with van der Waals surface area (Å²) in [7, 11) is 2.01. The average molecular weight is 472 g/mol. The van der Waals surface area contributed by atoms with Gasteiger partial charge in [0.2, 0.25) is 0 Å². The Kier molecular flexibility index (Phi) is 8.16. The van der Waals surface area contributed by atoms with Gasteiger partial charge in [0.25, 0.3) is 0 Å². The molecule has 2 aromatic carbocycles. The molecule has 2 heterocycles. The number of benzene rings is 2. The lowest BCUT2D eigenvalue weighted by Crippen LogP contribution is -2.38. The first-order chi connectivity index (χ1) is 17.0. The highest BCUT2D eigenvalue weighted by Crippen LogP contribution is 2.23. The number of imidazole rings is 1. The topological polar surface area (TPSA) is 65.7 Å². The number of aromatic nitrogens is 2. The summed E-state index contributed by atoms with van der Waals surface area (Å²) in [6, 6.07) is 14.9. The predicted molar refractivity (Wildman–Crippen MR) is 145 cm³/mol. The Balaban J connectivity index is 1.47. The smallest absolute Gasteiger partial charge is 0.125 e. The second-order valence-corrected chi connectivity index (χ2v) is 9.33. The zero-order valence-corrected chi connectivity index (χ0v) is 21.3. The van der Waals surface area contributed by atoms with E-state index in [9.17, 15) is 5.11 Å². The summed E-state index contributed by atoms with van der Waals surface area (Å²) in [5.74, 6) is 0.753. The SMILES string of the molecule is C/C=C\C(=NCC(O)CN1CCc2ccccc2C1)NC(=C(C)CC)c1ccc2ncn(C)c2c1. The summed E-state index contributed by atoms with van der Waals surface area (Å²) < 4.78 is 2.04. The molecule has 0 bridgehead atoms. The number of nitrogens with zero attached hydrogens (tertiary/aromatic N) is 4. The third-order valence-corrected chi connectivity index (χ3v) is 6.70. The first-order valence-corrected chi connectivity index (χ1v) is 12.5. The van der Waals surface area contributed by atoms with Gasteiger partial charge in [-0.2, -0.15) is 0 Å². The summed E-state index contributed by atoms with van der Waals surface area (Å²) in [5.41, 5.74) is 8.26. The van der Waals surface area contributed by atoms with Gasteiger partial charge in [-0.1, -0.05) is 43.3 Å². The number of aliphatic hydroxyl groups excluding tert-OH is 1. The van der Waals surface area contributed by atoms with Crippen LogP contribution in [0.25, 0.3) is 16.7 Å². The number of aliphatic hydroxyl groups is 1. The third kappa shape index (κ3) is 6.08. The molecule has 4 rings (SSSR count). The summed E-state index contributed by atoms with van der Waals surface area (Å²) in [6.07, 6.45) is 7.22. The summed E-state index contributed by atoms with van der Waals surface area (Å²) >= 11 is 0. The lowest BCUT2D eigenvalue weighted by molar-refractivity contribution is 0.112. The van der Waals surface area contributed by atoms with Gasteiger partial charge >= 0.3 is 0 Å². The molecule has 0 spiro atoms. The van der Waals surface area contributed by atoms with Gasteiger partial charge in [-0.15, -0.1) is 0 Å². The van der Waals surface area contributed by atoms with E-state index in [-0.39, 0.29) is 0 Å². The number of β-amino-alcohol motifs (C(OH)–C–C–N with tert-alkyl or cyclic N) is 1. The number of hydrogen-bond donors (Lipinski definition) is 2. The van der Waals surface area contributed by atoms with Crippen molar-refractivity contribution >= 4 is 22.6 Å². The van der Waals surface area contributed by atoms with E-state index in [0.717, 1.165) is 54.1 Å². The van der Waals surface area contributed by atoms with Crippen LogP contribution in [0.3, 0.4) is 0 Å². The number of aliphatic imine (C=N–C) groups is 1.